The highest BCUT2D eigenvalue weighted by atomic mass is 35.5. The minimum atomic E-state index is -0.660. The Kier molecular flexibility index (Phi) is 5.96. The number of hydrogen-bond acceptors (Lipinski definition) is 4. The van der Waals surface area contributed by atoms with E-state index in [2.05, 4.69) is 5.32 Å². The SMILES string of the molecule is Cc1cc(=O)oc2cc(NC(=O)C(N)Cc3ccccc3)ccc12.Cl. The molecule has 0 fully saturated rings. The molecule has 0 spiro atoms. The Morgan fingerprint density at radius 1 is 1.16 bits per heavy atom. The van der Waals surface area contributed by atoms with E-state index in [1.54, 1.807) is 12.1 Å². The van der Waals surface area contributed by atoms with Gasteiger partial charge in [0.2, 0.25) is 5.91 Å². The number of aryl methyl sites for hydroxylation is 1. The molecule has 3 rings (SSSR count). The molecule has 3 aromatic rings. The molecule has 3 N–H and O–H groups in total. The van der Waals surface area contributed by atoms with Crippen LogP contribution in [0.25, 0.3) is 11.0 Å². The fourth-order valence-corrected chi connectivity index (χ4v) is 2.60. The molecule has 1 atom stereocenters. The molecule has 25 heavy (non-hydrogen) atoms. The number of nitrogens with two attached hydrogens (primary N) is 1. The van der Waals surface area contributed by atoms with Crippen molar-refractivity contribution in [3.05, 3.63) is 76.1 Å². The number of rotatable bonds is 4. The lowest BCUT2D eigenvalue weighted by Gasteiger charge is -2.13. The first kappa shape index (κ1) is 18.7. The van der Waals surface area contributed by atoms with Gasteiger partial charge in [-0.05, 0) is 36.6 Å². The van der Waals surface area contributed by atoms with E-state index in [-0.39, 0.29) is 18.3 Å². The molecule has 1 aromatic heterocycles. The third-order valence-electron chi connectivity index (χ3n) is 3.85. The Bertz CT molecular complexity index is 938. The van der Waals surface area contributed by atoms with E-state index in [0.717, 1.165) is 16.5 Å². The minimum Gasteiger partial charge on any atom is -0.423 e. The van der Waals surface area contributed by atoms with Crippen LogP contribution in [0.15, 0.2) is 63.8 Å². The number of fused-ring (bicyclic) bond motifs is 1. The van der Waals surface area contributed by atoms with E-state index in [1.165, 1.54) is 6.07 Å². The highest BCUT2D eigenvalue weighted by Gasteiger charge is 2.14. The van der Waals surface area contributed by atoms with Crippen molar-refractivity contribution in [2.24, 2.45) is 5.73 Å². The van der Waals surface area contributed by atoms with E-state index in [4.69, 9.17) is 10.2 Å². The van der Waals surface area contributed by atoms with Gasteiger partial charge < -0.3 is 15.5 Å². The zero-order valence-corrected chi connectivity index (χ0v) is 14.5. The monoisotopic (exact) mass is 358 g/mol. The van der Waals surface area contributed by atoms with Gasteiger partial charge in [0.25, 0.3) is 0 Å². The van der Waals surface area contributed by atoms with Crippen LogP contribution in [-0.2, 0) is 11.2 Å². The Balaban J connectivity index is 0.00000225. The van der Waals surface area contributed by atoms with Crippen molar-refractivity contribution >= 4 is 35.0 Å². The summed E-state index contributed by atoms with van der Waals surface area (Å²) >= 11 is 0. The summed E-state index contributed by atoms with van der Waals surface area (Å²) in [6.07, 6.45) is 0.453. The van der Waals surface area contributed by atoms with E-state index >= 15 is 0 Å². The minimum absolute atomic E-state index is 0. The van der Waals surface area contributed by atoms with Crippen molar-refractivity contribution in [3.63, 3.8) is 0 Å². The van der Waals surface area contributed by atoms with Gasteiger partial charge in [-0.1, -0.05) is 30.3 Å². The van der Waals surface area contributed by atoms with E-state index < -0.39 is 11.7 Å². The molecule has 6 heteroatoms. The number of carbonyl (C=O) groups excluding carboxylic acids is 1. The van der Waals surface area contributed by atoms with Gasteiger partial charge in [-0.15, -0.1) is 12.4 Å². The summed E-state index contributed by atoms with van der Waals surface area (Å²) in [6, 6.07) is 15.6. The van der Waals surface area contributed by atoms with Gasteiger partial charge in [-0.2, -0.15) is 0 Å². The molecule has 0 saturated heterocycles. The summed E-state index contributed by atoms with van der Waals surface area (Å²) in [4.78, 5) is 23.7. The second kappa shape index (κ2) is 7.96. The quantitative estimate of drug-likeness (QED) is 0.702. The fourth-order valence-electron chi connectivity index (χ4n) is 2.60. The zero-order valence-electron chi connectivity index (χ0n) is 13.7. The number of hydrogen-bond donors (Lipinski definition) is 2. The predicted octanol–water partition coefficient (Wildman–Crippen LogP) is 3.03. The van der Waals surface area contributed by atoms with Crippen molar-refractivity contribution in [3.8, 4) is 0 Å². The lowest BCUT2D eigenvalue weighted by molar-refractivity contribution is -0.117. The number of carbonyl (C=O) groups is 1. The molecule has 0 aliphatic heterocycles. The number of halogens is 1. The molecule has 0 radical (unpaired) electrons. The fraction of sp³-hybridized carbons (Fsp3) is 0.158. The summed E-state index contributed by atoms with van der Waals surface area (Å²) in [5.74, 6) is -0.284. The van der Waals surface area contributed by atoms with Crippen molar-refractivity contribution in [1.82, 2.24) is 0 Å². The number of amides is 1. The molecule has 1 unspecified atom stereocenters. The normalized spacial score (nSPS) is 11.6. The van der Waals surface area contributed by atoms with E-state index in [1.807, 2.05) is 43.3 Å². The molecular weight excluding hydrogens is 340 g/mol. The maximum absolute atomic E-state index is 12.3. The molecule has 2 aromatic carbocycles. The molecule has 0 aliphatic carbocycles. The van der Waals surface area contributed by atoms with Crippen LogP contribution in [0.4, 0.5) is 5.69 Å². The third kappa shape index (κ3) is 4.47. The topological polar surface area (TPSA) is 85.3 Å². The van der Waals surface area contributed by atoms with Crippen molar-refractivity contribution in [2.45, 2.75) is 19.4 Å². The first-order valence-electron chi connectivity index (χ1n) is 7.68. The van der Waals surface area contributed by atoms with Crippen molar-refractivity contribution in [2.75, 3.05) is 5.32 Å². The molecule has 0 saturated carbocycles. The molecule has 1 amide bonds. The van der Waals surface area contributed by atoms with E-state index in [0.29, 0.717) is 17.7 Å². The van der Waals surface area contributed by atoms with Crippen LogP contribution in [0.1, 0.15) is 11.1 Å². The summed E-state index contributed by atoms with van der Waals surface area (Å²) in [5.41, 5.74) is 8.38. The Hall–Kier alpha value is -2.63. The average molecular weight is 359 g/mol. The lowest BCUT2D eigenvalue weighted by Crippen LogP contribution is -2.37. The Labute approximate surface area is 151 Å². The summed E-state index contributed by atoms with van der Waals surface area (Å²) < 4.78 is 5.18. The maximum Gasteiger partial charge on any atom is 0.336 e. The van der Waals surface area contributed by atoms with Crippen LogP contribution in [0.3, 0.4) is 0 Å². The average Bonchev–Trinajstić information content (AvgIpc) is 2.55. The number of benzene rings is 2. The van der Waals surface area contributed by atoms with Gasteiger partial charge >= 0.3 is 5.63 Å². The predicted molar refractivity (Wildman–Crippen MR) is 101 cm³/mol. The summed E-state index contributed by atoms with van der Waals surface area (Å²) in [5, 5.41) is 3.60. The Morgan fingerprint density at radius 2 is 1.88 bits per heavy atom. The summed E-state index contributed by atoms with van der Waals surface area (Å²) in [6.45, 7) is 1.84. The smallest absolute Gasteiger partial charge is 0.336 e. The van der Waals surface area contributed by atoms with Crippen LogP contribution >= 0.6 is 12.4 Å². The van der Waals surface area contributed by atoms with Crippen molar-refractivity contribution < 1.29 is 9.21 Å². The van der Waals surface area contributed by atoms with Gasteiger partial charge in [0.05, 0.1) is 6.04 Å². The maximum atomic E-state index is 12.3. The van der Waals surface area contributed by atoms with Crippen LogP contribution in [0.5, 0.6) is 0 Å². The van der Waals surface area contributed by atoms with Crippen LogP contribution in [-0.4, -0.2) is 11.9 Å². The molecule has 130 valence electrons. The molecule has 5 nitrogen and oxygen atoms in total. The highest BCUT2D eigenvalue weighted by molar-refractivity contribution is 5.96. The zero-order chi connectivity index (χ0) is 17.1. The van der Waals surface area contributed by atoms with Gasteiger partial charge in [-0.25, -0.2) is 4.79 Å². The van der Waals surface area contributed by atoms with Crippen molar-refractivity contribution in [1.29, 1.82) is 0 Å². The second-order valence-electron chi connectivity index (χ2n) is 5.74. The van der Waals surface area contributed by atoms with Gasteiger partial charge in [0, 0.05) is 23.2 Å². The number of anilines is 1. The van der Waals surface area contributed by atoms with E-state index in [9.17, 15) is 9.59 Å². The molecular formula is C19H19ClN2O3. The first-order valence-corrected chi connectivity index (χ1v) is 7.68. The van der Waals surface area contributed by atoms with Gasteiger partial charge in [-0.3, -0.25) is 4.79 Å². The largest absolute Gasteiger partial charge is 0.423 e. The lowest BCUT2D eigenvalue weighted by atomic mass is 10.1. The van der Waals surface area contributed by atoms with Gasteiger partial charge in [0.1, 0.15) is 5.58 Å². The van der Waals surface area contributed by atoms with Crippen LogP contribution in [0.2, 0.25) is 0 Å². The standard InChI is InChI=1S/C19H18N2O3.ClH/c1-12-9-18(22)24-17-11-14(7-8-15(12)17)21-19(23)16(20)10-13-5-3-2-4-6-13;/h2-9,11,16H,10,20H2,1H3,(H,21,23);1H. The number of nitrogens with one attached hydrogen (secondary N) is 1. The third-order valence-corrected chi connectivity index (χ3v) is 3.85. The van der Waals surface area contributed by atoms with Crippen LogP contribution in [0, 0.1) is 6.92 Å². The molecule has 0 bridgehead atoms. The molecule has 1 heterocycles. The molecule has 0 aliphatic rings. The van der Waals surface area contributed by atoms with Crippen LogP contribution < -0.4 is 16.7 Å². The second-order valence-corrected chi connectivity index (χ2v) is 5.74. The first-order chi connectivity index (χ1) is 11.5. The Morgan fingerprint density at radius 3 is 2.60 bits per heavy atom. The summed E-state index contributed by atoms with van der Waals surface area (Å²) in [7, 11) is 0. The van der Waals surface area contributed by atoms with Gasteiger partial charge in [0.15, 0.2) is 0 Å². The highest BCUT2D eigenvalue weighted by Crippen LogP contribution is 2.20.